The van der Waals surface area contributed by atoms with Crippen molar-refractivity contribution in [3.05, 3.63) is 81.9 Å². The zero-order valence-corrected chi connectivity index (χ0v) is 17.9. The first-order chi connectivity index (χ1) is 14.6. The summed E-state index contributed by atoms with van der Waals surface area (Å²) in [6.45, 7) is 2.13. The molecule has 1 saturated heterocycles. The second-order valence-electron chi connectivity index (χ2n) is 7.41. The predicted octanol–water partition coefficient (Wildman–Crippen LogP) is 4.00. The van der Waals surface area contributed by atoms with Crippen LogP contribution in [0.4, 0.5) is 0 Å². The van der Waals surface area contributed by atoms with Crippen LogP contribution < -0.4 is 5.32 Å². The topological polar surface area (TPSA) is 69.0 Å². The highest BCUT2D eigenvalue weighted by Gasteiger charge is 2.42. The van der Waals surface area contributed by atoms with E-state index in [2.05, 4.69) is 15.4 Å². The van der Waals surface area contributed by atoms with Gasteiger partial charge in [0.15, 0.2) is 0 Å². The molecule has 0 unspecified atom stereocenters. The Hall–Kier alpha value is -2.41. The summed E-state index contributed by atoms with van der Waals surface area (Å²) in [6.07, 6.45) is 4.36. The standard InChI is InChI=1S/C22H22Cl2N4O2/c23-18-5-6-19(20(24)11-18)22(7-9-30-10-8-22)21(29)26-12-16-1-3-17(4-2-16)13-28-15-25-14-27-28/h1-6,11,14-15H,7-10,12-13H2,(H,26,29). The van der Waals surface area contributed by atoms with Crippen LogP contribution in [0.15, 0.2) is 55.1 Å². The van der Waals surface area contributed by atoms with Crippen molar-refractivity contribution in [2.75, 3.05) is 13.2 Å². The Balaban J connectivity index is 1.46. The van der Waals surface area contributed by atoms with Gasteiger partial charge in [-0.25, -0.2) is 9.67 Å². The molecule has 2 aromatic carbocycles. The first kappa shape index (κ1) is 20.8. The van der Waals surface area contributed by atoms with Gasteiger partial charge in [-0.2, -0.15) is 5.10 Å². The van der Waals surface area contributed by atoms with Crippen molar-refractivity contribution < 1.29 is 9.53 Å². The fourth-order valence-electron chi connectivity index (χ4n) is 3.83. The Morgan fingerprint density at radius 3 is 2.50 bits per heavy atom. The van der Waals surface area contributed by atoms with E-state index in [4.69, 9.17) is 27.9 Å². The molecule has 0 spiro atoms. The van der Waals surface area contributed by atoms with Gasteiger partial charge in [-0.3, -0.25) is 4.79 Å². The molecule has 1 aliphatic heterocycles. The van der Waals surface area contributed by atoms with Crippen molar-refractivity contribution in [1.29, 1.82) is 0 Å². The molecule has 8 heteroatoms. The van der Waals surface area contributed by atoms with Gasteiger partial charge in [0.2, 0.25) is 5.91 Å². The average molecular weight is 445 g/mol. The van der Waals surface area contributed by atoms with Gasteiger partial charge in [-0.05, 0) is 41.7 Å². The van der Waals surface area contributed by atoms with Gasteiger partial charge in [-0.1, -0.05) is 53.5 Å². The fraction of sp³-hybridized carbons (Fsp3) is 0.318. The van der Waals surface area contributed by atoms with Gasteiger partial charge >= 0.3 is 0 Å². The van der Waals surface area contributed by atoms with Crippen molar-refractivity contribution in [1.82, 2.24) is 20.1 Å². The van der Waals surface area contributed by atoms with Crippen molar-refractivity contribution in [2.24, 2.45) is 0 Å². The predicted molar refractivity (Wildman–Crippen MR) is 116 cm³/mol. The minimum absolute atomic E-state index is 0.0401. The average Bonchev–Trinajstić information content (AvgIpc) is 3.26. The molecule has 0 radical (unpaired) electrons. The van der Waals surface area contributed by atoms with Crippen LogP contribution in [0.1, 0.15) is 29.5 Å². The fourth-order valence-corrected chi connectivity index (χ4v) is 4.42. The zero-order chi connectivity index (χ0) is 21.0. The van der Waals surface area contributed by atoms with Crippen LogP contribution in [0, 0.1) is 0 Å². The Bertz CT molecular complexity index is 1000. The lowest BCUT2D eigenvalue weighted by Gasteiger charge is -2.37. The summed E-state index contributed by atoms with van der Waals surface area (Å²) in [6, 6.07) is 13.4. The Kier molecular flexibility index (Phi) is 6.37. The number of hydrogen-bond donors (Lipinski definition) is 1. The zero-order valence-electron chi connectivity index (χ0n) is 16.4. The van der Waals surface area contributed by atoms with E-state index in [1.54, 1.807) is 23.1 Å². The summed E-state index contributed by atoms with van der Waals surface area (Å²) in [4.78, 5) is 17.3. The van der Waals surface area contributed by atoms with Crippen molar-refractivity contribution in [3.8, 4) is 0 Å². The second kappa shape index (κ2) is 9.16. The molecule has 156 valence electrons. The van der Waals surface area contributed by atoms with Crippen LogP contribution in [0.3, 0.4) is 0 Å². The lowest BCUT2D eigenvalue weighted by atomic mass is 9.73. The second-order valence-corrected chi connectivity index (χ2v) is 8.25. The molecule has 1 N–H and O–H groups in total. The van der Waals surface area contributed by atoms with Crippen molar-refractivity contribution in [2.45, 2.75) is 31.3 Å². The highest BCUT2D eigenvalue weighted by Crippen LogP contribution is 2.40. The van der Waals surface area contributed by atoms with E-state index in [0.29, 0.717) is 49.2 Å². The molecule has 0 aliphatic carbocycles. The van der Waals surface area contributed by atoms with E-state index in [0.717, 1.165) is 16.7 Å². The minimum Gasteiger partial charge on any atom is -0.381 e. The summed E-state index contributed by atoms with van der Waals surface area (Å²) >= 11 is 12.5. The van der Waals surface area contributed by atoms with E-state index < -0.39 is 5.41 Å². The van der Waals surface area contributed by atoms with Gasteiger partial charge in [-0.15, -0.1) is 0 Å². The van der Waals surface area contributed by atoms with Crippen molar-refractivity contribution >= 4 is 29.1 Å². The SMILES string of the molecule is O=C(NCc1ccc(Cn2cncn2)cc1)C1(c2ccc(Cl)cc2Cl)CCOCC1. The van der Waals surface area contributed by atoms with Gasteiger partial charge in [0.25, 0.3) is 0 Å². The summed E-state index contributed by atoms with van der Waals surface area (Å²) < 4.78 is 7.28. The molecule has 0 atom stereocenters. The number of carbonyl (C=O) groups is 1. The number of aromatic nitrogens is 3. The highest BCUT2D eigenvalue weighted by atomic mass is 35.5. The highest BCUT2D eigenvalue weighted by molar-refractivity contribution is 6.35. The molecule has 1 aliphatic rings. The molecule has 4 rings (SSSR count). The first-order valence-corrected chi connectivity index (χ1v) is 10.5. The molecular weight excluding hydrogens is 423 g/mol. The lowest BCUT2D eigenvalue weighted by Crippen LogP contribution is -2.48. The van der Waals surface area contributed by atoms with Crippen LogP contribution >= 0.6 is 23.2 Å². The molecule has 1 aromatic heterocycles. The first-order valence-electron chi connectivity index (χ1n) is 9.79. The Morgan fingerprint density at radius 2 is 1.83 bits per heavy atom. The monoisotopic (exact) mass is 444 g/mol. The van der Waals surface area contributed by atoms with Gasteiger partial charge in [0, 0.05) is 29.8 Å². The summed E-state index contributed by atoms with van der Waals surface area (Å²) in [5.74, 6) is -0.0401. The number of ether oxygens (including phenoxy) is 1. The number of amides is 1. The molecule has 0 saturated carbocycles. The maximum Gasteiger partial charge on any atom is 0.231 e. The number of nitrogens with zero attached hydrogens (tertiary/aromatic N) is 3. The number of halogens is 2. The molecule has 3 aromatic rings. The van der Waals surface area contributed by atoms with Crippen LogP contribution in [0.25, 0.3) is 0 Å². The third-order valence-electron chi connectivity index (χ3n) is 5.51. The largest absolute Gasteiger partial charge is 0.381 e. The number of rotatable bonds is 6. The summed E-state index contributed by atoms with van der Waals surface area (Å²) in [5, 5.41) is 8.28. The van der Waals surface area contributed by atoms with Crippen LogP contribution in [-0.2, 0) is 28.0 Å². The maximum atomic E-state index is 13.3. The number of carbonyl (C=O) groups excluding carboxylic acids is 1. The van der Waals surface area contributed by atoms with Crippen LogP contribution in [0.5, 0.6) is 0 Å². The number of benzene rings is 2. The van der Waals surface area contributed by atoms with E-state index in [1.807, 2.05) is 30.3 Å². The Morgan fingerprint density at radius 1 is 1.10 bits per heavy atom. The molecule has 6 nitrogen and oxygen atoms in total. The van der Waals surface area contributed by atoms with E-state index in [-0.39, 0.29) is 5.91 Å². The maximum absolute atomic E-state index is 13.3. The summed E-state index contributed by atoms with van der Waals surface area (Å²) in [7, 11) is 0. The lowest BCUT2D eigenvalue weighted by molar-refractivity contribution is -0.130. The van der Waals surface area contributed by atoms with E-state index in [9.17, 15) is 4.79 Å². The van der Waals surface area contributed by atoms with E-state index >= 15 is 0 Å². The van der Waals surface area contributed by atoms with Gasteiger partial charge in [0.1, 0.15) is 12.7 Å². The van der Waals surface area contributed by atoms with Gasteiger partial charge < -0.3 is 10.1 Å². The van der Waals surface area contributed by atoms with Crippen molar-refractivity contribution in [3.63, 3.8) is 0 Å². The number of hydrogen-bond acceptors (Lipinski definition) is 4. The molecule has 30 heavy (non-hydrogen) atoms. The van der Waals surface area contributed by atoms with Crippen LogP contribution in [-0.4, -0.2) is 33.9 Å². The normalized spacial score (nSPS) is 15.7. The third kappa shape index (κ3) is 4.51. The smallest absolute Gasteiger partial charge is 0.231 e. The summed E-state index contributed by atoms with van der Waals surface area (Å²) in [5.41, 5.74) is 2.23. The third-order valence-corrected chi connectivity index (χ3v) is 6.06. The molecule has 0 bridgehead atoms. The molecule has 1 amide bonds. The Labute approximate surface area is 185 Å². The molecular formula is C22H22Cl2N4O2. The quantitative estimate of drug-likeness (QED) is 0.623. The number of nitrogens with one attached hydrogen (secondary N) is 1. The molecule has 1 fully saturated rings. The van der Waals surface area contributed by atoms with E-state index in [1.165, 1.54) is 6.33 Å². The molecule has 2 heterocycles. The van der Waals surface area contributed by atoms with Crippen LogP contribution in [0.2, 0.25) is 10.0 Å². The van der Waals surface area contributed by atoms with Gasteiger partial charge in [0.05, 0.1) is 12.0 Å². The minimum atomic E-state index is -0.715.